The second kappa shape index (κ2) is 11.8. The van der Waals surface area contributed by atoms with E-state index >= 15 is 0 Å². The highest BCUT2D eigenvalue weighted by atomic mass is 31.2. The van der Waals surface area contributed by atoms with Crippen LogP contribution < -0.4 is 5.09 Å². The Labute approximate surface area is 259 Å². The summed E-state index contributed by atoms with van der Waals surface area (Å²) in [5, 5.41) is 4.48. The van der Waals surface area contributed by atoms with Crippen LogP contribution in [0.3, 0.4) is 0 Å². The van der Waals surface area contributed by atoms with Gasteiger partial charge in [0, 0.05) is 6.04 Å². The van der Waals surface area contributed by atoms with Gasteiger partial charge < -0.3 is 0 Å². The highest BCUT2D eigenvalue weighted by Crippen LogP contribution is 2.73. The summed E-state index contributed by atoms with van der Waals surface area (Å²) in [7, 11) is -0.0295. The molecule has 5 atom stereocenters. The van der Waals surface area contributed by atoms with Gasteiger partial charge in [-0.3, -0.25) is 14.3 Å². The first-order valence-corrected chi connectivity index (χ1v) is 17.8. The zero-order valence-corrected chi connectivity index (χ0v) is 27.5. The predicted octanol–water partition coefficient (Wildman–Crippen LogP) is 9.27. The quantitative estimate of drug-likeness (QED) is 0.208. The first-order valence-electron chi connectivity index (χ1n) is 16.0. The van der Waals surface area contributed by atoms with E-state index in [9.17, 15) is 0 Å². The van der Waals surface area contributed by atoms with Gasteiger partial charge in [-0.05, 0) is 55.5 Å². The lowest BCUT2D eigenvalue weighted by Gasteiger charge is -2.43. The molecule has 0 radical (unpaired) electrons. The summed E-state index contributed by atoms with van der Waals surface area (Å²) in [4.78, 5) is 2.77. The van der Waals surface area contributed by atoms with Crippen LogP contribution in [0.15, 0.2) is 126 Å². The van der Waals surface area contributed by atoms with Crippen molar-refractivity contribution in [1.29, 1.82) is 0 Å². The van der Waals surface area contributed by atoms with Crippen LogP contribution in [0.25, 0.3) is 0 Å². The molecule has 1 N–H and O–H groups in total. The number of nitrogens with zero attached hydrogens (tertiary/aromatic N) is 3. The summed E-state index contributed by atoms with van der Waals surface area (Å²) in [6.07, 6.45) is 2.13. The first kappa shape index (κ1) is 30.0. The number of benzene rings is 4. The Morgan fingerprint density at radius 3 is 1.51 bits per heavy atom. The minimum absolute atomic E-state index is 0.175. The Balaban J connectivity index is 1.72. The third kappa shape index (κ3) is 4.49. The molecular weight excluding hydrogens is 543 g/mol. The number of nitrogens with one attached hydrogen (secondary N) is 1. The van der Waals surface area contributed by atoms with Gasteiger partial charge >= 0.3 is 0 Å². The van der Waals surface area contributed by atoms with Crippen LogP contribution in [0.2, 0.25) is 0 Å². The standard InChI is InChI=1S/C38H47N4P/c1-7-29(3)36-37(32-21-13-9-14-22-32,33-23-15-10-16-24-33)39-43(41(36)6)31(5)42(30(4)8-2)38(40-43,34-25-17-11-18-26-34)35-27-19-12-20-28-35/h9-31,36,40H,7-8H2,1-6H3/t29-,30-,31?,36-,43?/m0/s1. The molecule has 2 heterocycles. The molecule has 0 aromatic heterocycles. The highest BCUT2D eigenvalue weighted by Gasteiger charge is 2.65. The maximum Gasteiger partial charge on any atom is 0.130 e. The Hall–Kier alpha value is -3.01. The van der Waals surface area contributed by atoms with Crippen molar-refractivity contribution in [2.75, 3.05) is 7.05 Å². The number of hydrogen-bond acceptors (Lipinski definition) is 4. The summed E-state index contributed by atoms with van der Waals surface area (Å²) in [5.74, 6) is 0.594. The van der Waals surface area contributed by atoms with Crippen molar-refractivity contribution in [3.05, 3.63) is 144 Å². The molecule has 224 valence electrons. The summed E-state index contributed by atoms with van der Waals surface area (Å²) in [6.45, 7) is 11.9. The van der Waals surface area contributed by atoms with E-state index in [1.165, 1.54) is 22.3 Å². The molecule has 0 saturated carbocycles. The van der Waals surface area contributed by atoms with E-state index in [1.54, 1.807) is 0 Å². The van der Waals surface area contributed by atoms with Crippen molar-refractivity contribution in [2.45, 2.75) is 76.5 Å². The van der Waals surface area contributed by atoms with E-state index in [0.717, 1.165) is 12.8 Å². The summed E-state index contributed by atoms with van der Waals surface area (Å²) in [6, 6.07) is 44.9. The molecule has 2 unspecified atom stereocenters. The first-order chi connectivity index (χ1) is 20.9. The van der Waals surface area contributed by atoms with Gasteiger partial charge in [-0.2, -0.15) is 0 Å². The van der Waals surface area contributed by atoms with E-state index < -0.39 is 18.6 Å². The van der Waals surface area contributed by atoms with E-state index in [1.807, 2.05) is 0 Å². The van der Waals surface area contributed by atoms with Crippen LogP contribution in [0.1, 0.15) is 69.7 Å². The second-order valence-corrected chi connectivity index (χ2v) is 15.6. The van der Waals surface area contributed by atoms with Crippen molar-refractivity contribution >= 4 is 7.36 Å². The van der Waals surface area contributed by atoms with Crippen molar-refractivity contribution < 1.29 is 0 Å². The molecule has 2 aliphatic heterocycles. The molecule has 1 fully saturated rings. The number of rotatable bonds is 8. The molecule has 4 aromatic rings. The fourth-order valence-corrected chi connectivity index (χ4v) is 12.4. The van der Waals surface area contributed by atoms with E-state index in [2.05, 4.69) is 178 Å². The summed E-state index contributed by atoms with van der Waals surface area (Å²) < 4.78 is 9.02. The van der Waals surface area contributed by atoms with Crippen LogP contribution in [0.5, 0.6) is 0 Å². The maximum atomic E-state index is 6.30. The van der Waals surface area contributed by atoms with Gasteiger partial charge in [-0.1, -0.05) is 149 Å². The van der Waals surface area contributed by atoms with Gasteiger partial charge in [0.25, 0.3) is 0 Å². The van der Waals surface area contributed by atoms with Gasteiger partial charge in [-0.25, -0.2) is 5.09 Å². The molecule has 5 heteroatoms. The Bertz CT molecular complexity index is 1480. The molecular formula is C38H47N4P. The molecule has 4 nitrogen and oxygen atoms in total. The normalized spacial score (nSPS) is 26.3. The molecule has 4 aromatic carbocycles. The number of hydrogen-bond donors (Lipinski definition) is 1. The van der Waals surface area contributed by atoms with Crippen molar-refractivity contribution in [3.8, 4) is 0 Å². The maximum absolute atomic E-state index is 6.30. The molecule has 0 amide bonds. The predicted molar refractivity (Wildman–Crippen MR) is 182 cm³/mol. The third-order valence-electron chi connectivity index (χ3n) is 10.3. The molecule has 6 rings (SSSR count). The average molecular weight is 591 g/mol. The number of likely N-dealkylation sites (N-methyl/N-ethyl adjacent to an activating group) is 1. The van der Waals surface area contributed by atoms with Crippen LogP contribution in [0.4, 0.5) is 0 Å². The summed E-state index contributed by atoms with van der Waals surface area (Å²) >= 11 is 0. The Morgan fingerprint density at radius 2 is 1.12 bits per heavy atom. The average Bonchev–Trinajstić information content (AvgIpc) is 3.50. The van der Waals surface area contributed by atoms with E-state index in [-0.39, 0.29) is 11.8 Å². The fraction of sp³-hybridized carbons (Fsp3) is 0.368. The minimum Gasteiger partial charge on any atom is -0.264 e. The Kier molecular flexibility index (Phi) is 8.26. The highest BCUT2D eigenvalue weighted by molar-refractivity contribution is 7.63. The monoisotopic (exact) mass is 590 g/mol. The van der Waals surface area contributed by atoms with Crippen LogP contribution in [-0.2, 0) is 11.2 Å². The van der Waals surface area contributed by atoms with Crippen LogP contribution in [-0.4, -0.2) is 34.5 Å². The van der Waals surface area contributed by atoms with Crippen LogP contribution >= 0.6 is 7.36 Å². The zero-order chi connectivity index (χ0) is 30.2. The molecule has 1 saturated heterocycles. The van der Waals surface area contributed by atoms with Crippen molar-refractivity contribution in [3.63, 3.8) is 0 Å². The zero-order valence-electron chi connectivity index (χ0n) is 26.6. The van der Waals surface area contributed by atoms with E-state index in [0.29, 0.717) is 12.0 Å². The lowest BCUT2D eigenvalue weighted by Crippen LogP contribution is -2.54. The minimum atomic E-state index is -2.40. The molecule has 0 aliphatic carbocycles. The molecule has 43 heavy (non-hydrogen) atoms. The van der Waals surface area contributed by atoms with Crippen LogP contribution in [0, 0.1) is 5.92 Å². The van der Waals surface area contributed by atoms with Crippen molar-refractivity contribution in [1.82, 2.24) is 14.7 Å². The fourth-order valence-electron chi connectivity index (χ4n) is 7.98. The van der Waals surface area contributed by atoms with Gasteiger partial charge in [0.05, 0.1) is 11.8 Å². The van der Waals surface area contributed by atoms with Gasteiger partial charge in [0.2, 0.25) is 0 Å². The smallest absolute Gasteiger partial charge is 0.130 e. The van der Waals surface area contributed by atoms with Gasteiger partial charge in [0.1, 0.15) is 18.6 Å². The largest absolute Gasteiger partial charge is 0.264 e. The molecule has 0 bridgehead atoms. The SMILES string of the molecule is CC[C@H](C)[C@@H]1N(C)P2(=NC1(c1ccccc1)c1ccccc1)NC(c1ccccc1)(c1ccccc1)N([C@@H](C)CC)C2C. The van der Waals surface area contributed by atoms with Crippen molar-refractivity contribution in [2.24, 2.45) is 10.7 Å². The van der Waals surface area contributed by atoms with Gasteiger partial charge in [0.15, 0.2) is 0 Å². The lowest BCUT2D eigenvalue weighted by molar-refractivity contribution is 0.0792. The van der Waals surface area contributed by atoms with Gasteiger partial charge in [-0.15, -0.1) is 0 Å². The third-order valence-corrected chi connectivity index (χ3v) is 14.1. The second-order valence-electron chi connectivity index (χ2n) is 12.5. The molecule has 1 spiro atoms. The van der Waals surface area contributed by atoms with E-state index in [4.69, 9.17) is 4.74 Å². The Morgan fingerprint density at radius 1 is 0.698 bits per heavy atom. The summed E-state index contributed by atoms with van der Waals surface area (Å²) in [5.41, 5.74) is 4.06. The molecule has 2 aliphatic rings. The topological polar surface area (TPSA) is 30.9 Å². The lowest BCUT2D eigenvalue weighted by atomic mass is 9.73.